The van der Waals surface area contributed by atoms with Gasteiger partial charge in [0.2, 0.25) is 0 Å². The highest BCUT2D eigenvalue weighted by Crippen LogP contribution is 2.37. The molecular formula is C13H21N3O3S. The molecule has 6 nitrogen and oxygen atoms in total. The van der Waals surface area contributed by atoms with E-state index in [1.807, 2.05) is 0 Å². The number of aromatic nitrogens is 2. The summed E-state index contributed by atoms with van der Waals surface area (Å²) in [5, 5.41) is 6.88. The van der Waals surface area contributed by atoms with Crippen LogP contribution in [0.1, 0.15) is 37.4 Å². The Morgan fingerprint density at radius 2 is 2.10 bits per heavy atom. The van der Waals surface area contributed by atoms with Crippen molar-refractivity contribution in [3.8, 4) is 0 Å². The summed E-state index contributed by atoms with van der Waals surface area (Å²) in [5.74, 6) is 0. The van der Waals surface area contributed by atoms with Crippen LogP contribution in [-0.2, 0) is 14.6 Å². The quantitative estimate of drug-likeness (QED) is 0.905. The van der Waals surface area contributed by atoms with Crippen LogP contribution >= 0.6 is 0 Å². The highest BCUT2D eigenvalue weighted by atomic mass is 32.2. The number of H-pyrrole nitrogens is 1. The Kier molecular flexibility index (Phi) is 3.83. The highest BCUT2D eigenvalue weighted by Gasteiger charge is 2.36. The fourth-order valence-electron chi connectivity index (χ4n) is 3.37. The van der Waals surface area contributed by atoms with E-state index < -0.39 is 9.84 Å². The summed E-state index contributed by atoms with van der Waals surface area (Å²) in [6.45, 7) is 2.63. The van der Waals surface area contributed by atoms with Gasteiger partial charge in [-0.2, -0.15) is 5.10 Å². The minimum Gasteiger partial charge on any atom is -0.381 e. The summed E-state index contributed by atoms with van der Waals surface area (Å²) in [7, 11) is -3.23. The van der Waals surface area contributed by atoms with E-state index in [2.05, 4.69) is 15.1 Å². The van der Waals surface area contributed by atoms with Crippen LogP contribution in [0.2, 0.25) is 0 Å². The molecule has 0 spiro atoms. The molecule has 0 aromatic carbocycles. The van der Waals surface area contributed by atoms with Gasteiger partial charge in [-0.1, -0.05) is 0 Å². The van der Waals surface area contributed by atoms with E-state index in [1.165, 1.54) is 12.5 Å². The van der Waals surface area contributed by atoms with Gasteiger partial charge in [-0.25, -0.2) is 8.42 Å². The van der Waals surface area contributed by atoms with Crippen LogP contribution in [0.25, 0.3) is 0 Å². The second-order valence-corrected chi connectivity index (χ2v) is 7.64. The number of hydrogen-bond donors (Lipinski definition) is 1. The molecule has 1 aromatic heterocycles. The van der Waals surface area contributed by atoms with E-state index in [-0.39, 0.29) is 6.04 Å². The molecule has 1 aromatic rings. The third-order valence-electron chi connectivity index (χ3n) is 4.32. The summed E-state index contributed by atoms with van der Waals surface area (Å²) >= 11 is 0. The Balaban J connectivity index is 1.87. The topological polar surface area (TPSA) is 75.3 Å². The lowest BCUT2D eigenvalue weighted by atomic mass is 10.0. The maximum absolute atomic E-state index is 11.9. The number of rotatable bonds is 3. The van der Waals surface area contributed by atoms with E-state index in [9.17, 15) is 8.42 Å². The standard InChI is InChI=1S/C13H21N3O3S/c1-20(17,18)12-9-14-15-13(12)11-3-2-6-16(11)10-4-7-19-8-5-10/h9-11H,2-8H2,1H3,(H,14,15). The number of sulfone groups is 1. The van der Waals surface area contributed by atoms with Gasteiger partial charge in [-0.05, 0) is 32.2 Å². The lowest BCUT2D eigenvalue weighted by molar-refractivity contribution is 0.0281. The van der Waals surface area contributed by atoms with Crippen LogP contribution in [0, 0.1) is 0 Å². The molecule has 3 heterocycles. The maximum atomic E-state index is 11.9. The molecule has 1 N–H and O–H groups in total. The molecule has 112 valence electrons. The van der Waals surface area contributed by atoms with Gasteiger partial charge >= 0.3 is 0 Å². The average Bonchev–Trinajstić information content (AvgIpc) is 3.07. The van der Waals surface area contributed by atoms with Crippen molar-refractivity contribution in [3.05, 3.63) is 11.9 Å². The molecule has 2 aliphatic heterocycles. The van der Waals surface area contributed by atoms with Crippen molar-refractivity contribution >= 4 is 9.84 Å². The highest BCUT2D eigenvalue weighted by molar-refractivity contribution is 7.90. The number of hydrogen-bond acceptors (Lipinski definition) is 5. The zero-order chi connectivity index (χ0) is 14.2. The van der Waals surface area contributed by atoms with Crippen LogP contribution in [0.15, 0.2) is 11.1 Å². The maximum Gasteiger partial charge on any atom is 0.178 e. The van der Waals surface area contributed by atoms with Gasteiger partial charge in [0.15, 0.2) is 9.84 Å². The van der Waals surface area contributed by atoms with Gasteiger partial charge in [-0.15, -0.1) is 0 Å². The lowest BCUT2D eigenvalue weighted by Gasteiger charge is -2.35. The molecule has 0 radical (unpaired) electrons. The number of likely N-dealkylation sites (tertiary alicyclic amines) is 1. The summed E-state index contributed by atoms with van der Waals surface area (Å²) in [4.78, 5) is 2.78. The predicted octanol–water partition coefficient (Wildman–Crippen LogP) is 1.13. The Morgan fingerprint density at radius 3 is 2.80 bits per heavy atom. The van der Waals surface area contributed by atoms with Gasteiger partial charge in [0, 0.05) is 25.5 Å². The van der Waals surface area contributed by atoms with Crippen molar-refractivity contribution in [2.75, 3.05) is 26.0 Å². The first-order valence-electron chi connectivity index (χ1n) is 7.14. The molecular weight excluding hydrogens is 278 g/mol. The van der Waals surface area contributed by atoms with Crippen LogP contribution in [0.3, 0.4) is 0 Å². The predicted molar refractivity (Wildman–Crippen MR) is 74.2 cm³/mol. The fourth-order valence-corrected chi connectivity index (χ4v) is 4.20. The summed E-state index contributed by atoms with van der Waals surface area (Å²) in [5.41, 5.74) is 0.761. The fraction of sp³-hybridized carbons (Fsp3) is 0.769. The second-order valence-electron chi connectivity index (χ2n) is 5.66. The van der Waals surface area contributed by atoms with Crippen LogP contribution in [0.4, 0.5) is 0 Å². The van der Waals surface area contributed by atoms with E-state index in [0.717, 1.165) is 51.1 Å². The molecule has 0 aliphatic carbocycles. The number of nitrogens with zero attached hydrogens (tertiary/aromatic N) is 2. The van der Waals surface area contributed by atoms with Crippen molar-refractivity contribution in [1.82, 2.24) is 15.1 Å². The van der Waals surface area contributed by atoms with Crippen LogP contribution < -0.4 is 0 Å². The first-order chi connectivity index (χ1) is 9.57. The van der Waals surface area contributed by atoms with Gasteiger partial charge in [0.25, 0.3) is 0 Å². The van der Waals surface area contributed by atoms with Crippen molar-refractivity contribution in [3.63, 3.8) is 0 Å². The third kappa shape index (κ3) is 2.62. The lowest BCUT2D eigenvalue weighted by Crippen LogP contribution is -2.39. The number of nitrogens with one attached hydrogen (secondary N) is 1. The smallest absolute Gasteiger partial charge is 0.178 e. The van der Waals surface area contributed by atoms with Crippen molar-refractivity contribution in [2.45, 2.75) is 42.7 Å². The third-order valence-corrected chi connectivity index (χ3v) is 5.44. The zero-order valence-electron chi connectivity index (χ0n) is 11.7. The van der Waals surface area contributed by atoms with Gasteiger partial charge in [0.05, 0.1) is 17.9 Å². The Labute approximate surface area is 119 Å². The van der Waals surface area contributed by atoms with Gasteiger partial charge in [0.1, 0.15) is 4.90 Å². The molecule has 1 unspecified atom stereocenters. The van der Waals surface area contributed by atoms with E-state index in [0.29, 0.717) is 10.9 Å². The molecule has 2 fully saturated rings. The monoisotopic (exact) mass is 299 g/mol. The average molecular weight is 299 g/mol. The van der Waals surface area contributed by atoms with Gasteiger partial charge in [-0.3, -0.25) is 10.00 Å². The number of ether oxygens (including phenoxy) is 1. The molecule has 0 bridgehead atoms. The van der Waals surface area contributed by atoms with Gasteiger partial charge < -0.3 is 4.74 Å². The largest absolute Gasteiger partial charge is 0.381 e. The summed E-state index contributed by atoms with van der Waals surface area (Å²) in [6.07, 6.45) is 6.82. The molecule has 7 heteroatoms. The SMILES string of the molecule is CS(=O)(=O)c1cn[nH]c1C1CCCN1C1CCOCC1. The normalized spacial score (nSPS) is 26.1. The first-order valence-corrected chi connectivity index (χ1v) is 9.03. The minimum atomic E-state index is -3.23. The molecule has 2 aliphatic rings. The molecule has 0 saturated carbocycles. The first kappa shape index (κ1) is 14.0. The minimum absolute atomic E-state index is 0.144. The Hall–Kier alpha value is -0.920. The second kappa shape index (κ2) is 5.46. The summed E-state index contributed by atoms with van der Waals surface area (Å²) in [6, 6.07) is 0.636. The molecule has 1 atom stereocenters. The van der Waals surface area contributed by atoms with E-state index in [4.69, 9.17) is 4.74 Å². The van der Waals surface area contributed by atoms with Crippen molar-refractivity contribution < 1.29 is 13.2 Å². The van der Waals surface area contributed by atoms with Crippen LogP contribution in [0.5, 0.6) is 0 Å². The van der Waals surface area contributed by atoms with Crippen LogP contribution in [-0.4, -0.2) is 55.6 Å². The summed E-state index contributed by atoms with van der Waals surface area (Å²) < 4.78 is 29.1. The van der Waals surface area contributed by atoms with Crippen molar-refractivity contribution in [1.29, 1.82) is 0 Å². The number of aromatic amines is 1. The molecule has 0 amide bonds. The molecule has 3 rings (SSSR count). The Morgan fingerprint density at radius 1 is 1.35 bits per heavy atom. The molecule has 20 heavy (non-hydrogen) atoms. The van der Waals surface area contributed by atoms with E-state index in [1.54, 1.807) is 0 Å². The van der Waals surface area contributed by atoms with E-state index >= 15 is 0 Å². The zero-order valence-corrected chi connectivity index (χ0v) is 12.5. The molecule has 2 saturated heterocycles. The van der Waals surface area contributed by atoms with Crippen molar-refractivity contribution in [2.24, 2.45) is 0 Å². The Bertz CT molecular complexity index is 563.